The first-order chi connectivity index (χ1) is 11.1. The van der Waals surface area contributed by atoms with Crippen LogP contribution < -0.4 is 9.20 Å². The van der Waals surface area contributed by atoms with E-state index < -0.39 is 6.10 Å². The van der Waals surface area contributed by atoms with E-state index in [1.165, 1.54) is 10.0 Å². The molecule has 0 heterocycles. The van der Waals surface area contributed by atoms with Gasteiger partial charge in [-0.15, -0.1) is 0 Å². The van der Waals surface area contributed by atoms with Gasteiger partial charge in [-0.3, -0.25) is 0 Å². The van der Waals surface area contributed by atoms with Crippen LogP contribution in [0.4, 0.5) is 0 Å². The molecule has 23 heavy (non-hydrogen) atoms. The summed E-state index contributed by atoms with van der Waals surface area (Å²) in [6.45, 7) is 4.34. The summed E-state index contributed by atoms with van der Waals surface area (Å²) in [5.74, 6) is 0.940. The van der Waals surface area contributed by atoms with Crippen LogP contribution in [0.5, 0.6) is 5.75 Å². The molecule has 0 bridgehead atoms. The van der Waals surface area contributed by atoms with Crippen molar-refractivity contribution in [1.29, 1.82) is 0 Å². The first-order valence-corrected chi connectivity index (χ1v) is 10.8. The van der Waals surface area contributed by atoms with E-state index in [0.717, 1.165) is 11.3 Å². The topological polar surface area (TPSA) is 29.5 Å². The van der Waals surface area contributed by atoms with Crippen LogP contribution in [0.3, 0.4) is 0 Å². The fourth-order valence-corrected chi connectivity index (χ4v) is 5.80. The standard InChI is InChI=1S/C19H24O2SSe/c1-13(22-4)16-11-8-12-17(21-3)19(16)23-14(2)18(20)15-9-6-5-7-10-15/h5-14,18,20H,1-4H3/t13-,14-,18-/m0/s1. The van der Waals surface area contributed by atoms with Crippen molar-refractivity contribution >= 4 is 31.2 Å². The van der Waals surface area contributed by atoms with Crippen molar-refractivity contribution in [3.8, 4) is 5.75 Å². The van der Waals surface area contributed by atoms with E-state index in [-0.39, 0.29) is 19.8 Å². The number of benzene rings is 2. The first kappa shape index (κ1) is 18.4. The molecular formula is C19H24O2SSe. The number of hydrogen-bond acceptors (Lipinski definition) is 3. The summed E-state index contributed by atoms with van der Waals surface area (Å²) in [5.41, 5.74) is 2.31. The maximum atomic E-state index is 10.7. The third-order valence-corrected chi connectivity index (χ3v) is 7.60. The molecule has 0 aliphatic carbocycles. The van der Waals surface area contributed by atoms with Gasteiger partial charge in [-0.1, -0.05) is 0 Å². The molecule has 1 N–H and O–H groups in total. The Kier molecular flexibility index (Phi) is 7.04. The molecule has 0 saturated carbocycles. The summed E-state index contributed by atoms with van der Waals surface area (Å²) in [5, 5.41) is 11.1. The number of aliphatic hydroxyl groups excluding tert-OH is 1. The zero-order valence-electron chi connectivity index (χ0n) is 14.0. The minimum atomic E-state index is -0.446. The Labute approximate surface area is 149 Å². The molecule has 3 atom stereocenters. The van der Waals surface area contributed by atoms with Gasteiger partial charge in [0, 0.05) is 0 Å². The number of methoxy groups -OCH3 is 1. The Balaban J connectivity index is 2.27. The van der Waals surface area contributed by atoms with Crippen LogP contribution >= 0.6 is 11.8 Å². The van der Waals surface area contributed by atoms with Crippen LogP contribution in [0.2, 0.25) is 4.82 Å². The van der Waals surface area contributed by atoms with Gasteiger partial charge in [-0.05, 0) is 0 Å². The second-order valence-corrected chi connectivity index (χ2v) is 9.52. The van der Waals surface area contributed by atoms with Gasteiger partial charge in [0.2, 0.25) is 0 Å². The SMILES string of the molecule is COc1cccc([C@H](C)SC)c1[Se][C@@H](C)[C@H](O)c1ccccc1. The van der Waals surface area contributed by atoms with E-state index in [2.05, 4.69) is 32.2 Å². The van der Waals surface area contributed by atoms with E-state index in [1.807, 2.05) is 48.2 Å². The minimum absolute atomic E-state index is 0.126. The number of thioether (sulfide) groups is 1. The molecule has 0 aliphatic rings. The Hall–Kier alpha value is -0.931. The van der Waals surface area contributed by atoms with Crippen LogP contribution in [0.15, 0.2) is 48.5 Å². The third-order valence-electron chi connectivity index (χ3n) is 3.91. The van der Waals surface area contributed by atoms with Crippen LogP contribution in [-0.4, -0.2) is 33.4 Å². The number of hydrogen-bond donors (Lipinski definition) is 1. The van der Waals surface area contributed by atoms with Crippen molar-refractivity contribution < 1.29 is 9.84 Å². The van der Waals surface area contributed by atoms with Crippen LogP contribution in [0.1, 0.15) is 36.3 Å². The first-order valence-electron chi connectivity index (χ1n) is 7.67. The molecule has 0 radical (unpaired) electrons. The molecule has 2 rings (SSSR count). The molecule has 0 aliphatic heterocycles. The Morgan fingerprint density at radius 1 is 1.04 bits per heavy atom. The maximum absolute atomic E-state index is 10.7. The quantitative estimate of drug-likeness (QED) is 0.719. The van der Waals surface area contributed by atoms with Crippen LogP contribution in [-0.2, 0) is 0 Å². The molecule has 0 fully saturated rings. The molecule has 2 aromatic carbocycles. The Bertz CT molecular complexity index is 618. The van der Waals surface area contributed by atoms with Gasteiger partial charge < -0.3 is 0 Å². The molecule has 0 amide bonds. The predicted octanol–water partition coefficient (Wildman–Crippen LogP) is 3.99. The Morgan fingerprint density at radius 3 is 2.35 bits per heavy atom. The van der Waals surface area contributed by atoms with Crippen molar-refractivity contribution in [3.63, 3.8) is 0 Å². The van der Waals surface area contributed by atoms with Gasteiger partial charge in [0.25, 0.3) is 0 Å². The number of aliphatic hydroxyl groups is 1. The monoisotopic (exact) mass is 396 g/mol. The van der Waals surface area contributed by atoms with E-state index in [0.29, 0.717) is 5.25 Å². The molecule has 124 valence electrons. The average molecular weight is 395 g/mol. The summed E-state index contributed by atoms with van der Waals surface area (Å²) >= 11 is 1.96. The number of rotatable bonds is 7. The normalized spacial score (nSPS) is 15.0. The molecule has 0 saturated heterocycles. The van der Waals surface area contributed by atoms with E-state index in [9.17, 15) is 5.11 Å². The second-order valence-electron chi connectivity index (χ2n) is 5.44. The number of ether oxygens (including phenoxy) is 1. The van der Waals surface area contributed by atoms with Crippen molar-refractivity contribution in [3.05, 3.63) is 59.7 Å². The van der Waals surface area contributed by atoms with Crippen molar-refractivity contribution in [2.24, 2.45) is 0 Å². The van der Waals surface area contributed by atoms with Gasteiger partial charge in [0.05, 0.1) is 0 Å². The summed E-state index contributed by atoms with van der Waals surface area (Å²) in [4.78, 5) is 0.175. The van der Waals surface area contributed by atoms with E-state index in [1.54, 1.807) is 7.11 Å². The zero-order chi connectivity index (χ0) is 16.8. The summed E-state index contributed by atoms with van der Waals surface area (Å²) < 4.78 is 6.86. The molecule has 2 aromatic rings. The molecule has 0 aromatic heterocycles. The van der Waals surface area contributed by atoms with Gasteiger partial charge in [-0.2, -0.15) is 0 Å². The molecule has 2 nitrogen and oxygen atoms in total. The Morgan fingerprint density at radius 2 is 1.74 bits per heavy atom. The fourth-order valence-electron chi connectivity index (χ4n) is 2.44. The van der Waals surface area contributed by atoms with E-state index >= 15 is 0 Å². The molecular weight excluding hydrogens is 371 g/mol. The summed E-state index contributed by atoms with van der Waals surface area (Å²) in [6, 6.07) is 16.2. The zero-order valence-corrected chi connectivity index (χ0v) is 16.6. The van der Waals surface area contributed by atoms with Crippen LogP contribution in [0.25, 0.3) is 0 Å². The summed E-state index contributed by atoms with van der Waals surface area (Å²) in [7, 11) is 1.72. The van der Waals surface area contributed by atoms with Gasteiger partial charge in [0.15, 0.2) is 0 Å². The van der Waals surface area contributed by atoms with Gasteiger partial charge >= 0.3 is 150 Å². The van der Waals surface area contributed by atoms with E-state index in [4.69, 9.17) is 4.74 Å². The fraction of sp³-hybridized carbons (Fsp3) is 0.368. The van der Waals surface area contributed by atoms with Gasteiger partial charge in [0.1, 0.15) is 0 Å². The van der Waals surface area contributed by atoms with Crippen LogP contribution in [0, 0.1) is 0 Å². The van der Waals surface area contributed by atoms with Crippen molar-refractivity contribution in [2.45, 2.75) is 30.0 Å². The second kappa shape index (κ2) is 8.79. The predicted molar refractivity (Wildman–Crippen MR) is 101 cm³/mol. The summed E-state index contributed by atoms with van der Waals surface area (Å²) in [6.07, 6.45) is 1.68. The van der Waals surface area contributed by atoms with Gasteiger partial charge in [-0.25, -0.2) is 0 Å². The average Bonchev–Trinajstić information content (AvgIpc) is 2.61. The molecule has 0 spiro atoms. The third kappa shape index (κ3) is 4.54. The molecule has 4 heteroatoms. The van der Waals surface area contributed by atoms with Crippen molar-refractivity contribution in [2.75, 3.05) is 13.4 Å². The van der Waals surface area contributed by atoms with Crippen molar-refractivity contribution in [1.82, 2.24) is 0 Å². The molecule has 0 unspecified atom stereocenters.